The summed E-state index contributed by atoms with van der Waals surface area (Å²) < 4.78 is 34.0. The van der Waals surface area contributed by atoms with Crippen molar-refractivity contribution in [2.45, 2.75) is 17.4 Å². The summed E-state index contributed by atoms with van der Waals surface area (Å²) in [5, 5.41) is 11.8. The number of nitrogens with one attached hydrogen (secondary N) is 1. The molecule has 2 N–H and O–H groups in total. The van der Waals surface area contributed by atoms with Crippen LogP contribution in [0.1, 0.15) is 5.56 Å². The number of benzene rings is 4. The minimum Gasteiger partial charge on any atom is -0.480 e. The molecule has 4 aromatic carbocycles. The van der Waals surface area contributed by atoms with Crippen LogP contribution in [0.3, 0.4) is 0 Å². The summed E-state index contributed by atoms with van der Waals surface area (Å²) in [6.07, 6.45) is 1.66. The predicted octanol–water partition coefficient (Wildman–Crippen LogP) is 5.14. The first kappa shape index (κ1) is 23.5. The molecule has 180 valence electrons. The largest absolute Gasteiger partial charge is 0.480 e. The lowest BCUT2D eigenvalue weighted by Gasteiger charge is -2.15. The monoisotopic (exact) mass is 498 g/mol. The average molecular weight is 499 g/mol. The van der Waals surface area contributed by atoms with Crippen molar-refractivity contribution in [3.8, 4) is 22.8 Å². The molecule has 1 aromatic heterocycles. The van der Waals surface area contributed by atoms with Crippen molar-refractivity contribution in [1.82, 2.24) is 9.71 Å². The van der Waals surface area contributed by atoms with E-state index in [2.05, 4.69) is 9.71 Å². The van der Waals surface area contributed by atoms with Crippen molar-refractivity contribution < 1.29 is 22.7 Å². The van der Waals surface area contributed by atoms with Crippen LogP contribution in [0.15, 0.2) is 113 Å². The van der Waals surface area contributed by atoms with E-state index in [1.807, 2.05) is 48.5 Å². The first-order valence-corrected chi connectivity index (χ1v) is 12.7. The van der Waals surface area contributed by atoms with E-state index in [9.17, 15) is 18.3 Å². The molecule has 0 aliphatic heterocycles. The van der Waals surface area contributed by atoms with Crippen LogP contribution in [-0.2, 0) is 21.2 Å². The summed E-state index contributed by atoms with van der Waals surface area (Å²) in [5.74, 6) is -0.304. The van der Waals surface area contributed by atoms with Crippen molar-refractivity contribution in [2.24, 2.45) is 0 Å². The Morgan fingerprint density at radius 1 is 0.861 bits per heavy atom. The molecular weight excluding hydrogens is 476 g/mol. The third-order valence-corrected chi connectivity index (χ3v) is 7.32. The molecule has 8 heteroatoms. The van der Waals surface area contributed by atoms with E-state index >= 15 is 0 Å². The van der Waals surface area contributed by atoms with Gasteiger partial charge >= 0.3 is 5.97 Å². The number of nitrogens with zero attached hydrogens (tertiary/aromatic N) is 1. The van der Waals surface area contributed by atoms with Crippen LogP contribution in [0.5, 0.6) is 0 Å². The number of sulfonamides is 1. The Labute approximate surface area is 208 Å². The van der Waals surface area contributed by atoms with Crippen molar-refractivity contribution in [2.75, 3.05) is 0 Å². The molecule has 0 aliphatic carbocycles. The second kappa shape index (κ2) is 9.77. The molecule has 5 aromatic rings. The minimum atomic E-state index is -4.06. The molecule has 0 saturated carbocycles. The van der Waals surface area contributed by atoms with Crippen LogP contribution in [0.25, 0.3) is 33.6 Å². The maximum atomic E-state index is 12.9. The van der Waals surface area contributed by atoms with Crippen LogP contribution >= 0.6 is 0 Å². The van der Waals surface area contributed by atoms with Crippen molar-refractivity contribution in [3.63, 3.8) is 0 Å². The molecule has 0 bridgehead atoms. The van der Waals surface area contributed by atoms with E-state index in [1.54, 1.807) is 42.6 Å². The molecule has 1 heterocycles. The zero-order valence-corrected chi connectivity index (χ0v) is 19.9. The van der Waals surface area contributed by atoms with Crippen LogP contribution in [-0.4, -0.2) is 30.5 Å². The molecule has 0 fully saturated rings. The Morgan fingerprint density at radius 2 is 1.53 bits per heavy atom. The van der Waals surface area contributed by atoms with Gasteiger partial charge in [-0.15, -0.1) is 0 Å². The van der Waals surface area contributed by atoms with Crippen LogP contribution in [0.4, 0.5) is 0 Å². The number of oxazole rings is 1. The highest BCUT2D eigenvalue weighted by Crippen LogP contribution is 2.29. The number of aromatic nitrogens is 1. The van der Waals surface area contributed by atoms with Gasteiger partial charge in [0.05, 0.1) is 11.1 Å². The van der Waals surface area contributed by atoms with Gasteiger partial charge in [0.2, 0.25) is 15.9 Å². The molecule has 0 amide bonds. The lowest BCUT2D eigenvalue weighted by molar-refractivity contribution is -0.138. The van der Waals surface area contributed by atoms with Gasteiger partial charge in [0.25, 0.3) is 0 Å². The van der Waals surface area contributed by atoms with Gasteiger partial charge < -0.3 is 9.52 Å². The summed E-state index contributed by atoms with van der Waals surface area (Å²) in [5.41, 5.74) is 2.20. The standard InChI is InChI=1S/C28H22N2O5S/c31-28(32)25(16-19-6-2-1-3-7-19)30-36(33,34)24-14-12-21(13-15-24)27-29-18-26(35-27)23-11-10-20-8-4-5-9-22(20)17-23/h1-15,17-18,25,30H,16H2,(H,31,32)/t25-/m1/s1. The first-order valence-electron chi connectivity index (χ1n) is 11.2. The van der Waals surface area contributed by atoms with Crippen LogP contribution in [0.2, 0.25) is 0 Å². The summed E-state index contributed by atoms with van der Waals surface area (Å²) in [7, 11) is -4.06. The lowest BCUT2D eigenvalue weighted by Crippen LogP contribution is -2.42. The molecule has 0 saturated heterocycles. The van der Waals surface area contributed by atoms with E-state index < -0.39 is 22.0 Å². The number of carboxylic acids is 1. The van der Waals surface area contributed by atoms with Crippen molar-refractivity contribution >= 4 is 26.8 Å². The third-order valence-electron chi connectivity index (χ3n) is 5.83. The molecule has 1 atom stereocenters. The fourth-order valence-electron chi connectivity index (χ4n) is 3.94. The van der Waals surface area contributed by atoms with Gasteiger partial charge in [-0.25, -0.2) is 13.4 Å². The summed E-state index contributed by atoms with van der Waals surface area (Å²) in [6.45, 7) is 0. The Bertz CT molecular complexity index is 1630. The number of hydrogen-bond acceptors (Lipinski definition) is 5. The number of carboxylic acid groups (broad SMARTS) is 1. The van der Waals surface area contributed by atoms with E-state index in [1.165, 1.54) is 12.1 Å². The predicted molar refractivity (Wildman–Crippen MR) is 137 cm³/mol. The number of carbonyl (C=O) groups is 1. The highest BCUT2D eigenvalue weighted by molar-refractivity contribution is 7.89. The second-order valence-electron chi connectivity index (χ2n) is 8.32. The SMILES string of the molecule is O=C(O)[C@@H](Cc1ccccc1)NS(=O)(=O)c1ccc(-c2ncc(-c3ccc4ccccc4c3)o2)cc1. The quantitative estimate of drug-likeness (QED) is 0.307. The van der Waals surface area contributed by atoms with Gasteiger partial charge in [0.1, 0.15) is 6.04 Å². The summed E-state index contributed by atoms with van der Waals surface area (Å²) >= 11 is 0. The third kappa shape index (κ3) is 5.05. The highest BCUT2D eigenvalue weighted by atomic mass is 32.2. The lowest BCUT2D eigenvalue weighted by atomic mass is 10.1. The van der Waals surface area contributed by atoms with Gasteiger partial charge in [-0.05, 0) is 53.1 Å². The number of rotatable bonds is 8. The smallest absolute Gasteiger partial charge is 0.322 e. The Kier molecular flexibility index (Phi) is 6.37. The Balaban J connectivity index is 1.34. The van der Waals surface area contributed by atoms with E-state index in [0.717, 1.165) is 16.3 Å². The second-order valence-corrected chi connectivity index (χ2v) is 10.0. The van der Waals surface area contributed by atoms with Gasteiger partial charge in [0.15, 0.2) is 5.76 Å². The van der Waals surface area contributed by atoms with Crippen molar-refractivity contribution in [1.29, 1.82) is 0 Å². The molecule has 0 unspecified atom stereocenters. The number of fused-ring (bicyclic) bond motifs is 1. The van der Waals surface area contributed by atoms with E-state index in [-0.39, 0.29) is 11.3 Å². The molecule has 7 nitrogen and oxygen atoms in total. The summed E-state index contributed by atoms with van der Waals surface area (Å²) in [4.78, 5) is 16.0. The van der Waals surface area contributed by atoms with Crippen LogP contribution in [0, 0.1) is 0 Å². The Hall–Kier alpha value is -4.27. The fourth-order valence-corrected chi connectivity index (χ4v) is 5.13. The normalized spacial score (nSPS) is 12.4. The number of aliphatic carboxylic acids is 1. The van der Waals surface area contributed by atoms with E-state index in [4.69, 9.17) is 4.42 Å². The van der Waals surface area contributed by atoms with Gasteiger partial charge in [-0.3, -0.25) is 4.79 Å². The zero-order chi connectivity index (χ0) is 25.1. The topological polar surface area (TPSA) is 110 Å². The fraction of sp³-hybridized carbons (Fsp3) is 0.0714. The highest BCUT2D eigenvalue weighted by Gasteiger charge is 2.26. The zero-order valence-electron chi connectivity index (χ0n) is 19.0. The first-order chi connectivity index (χ1) is 17.4. The van der Waals surface area contributed by atoms with Crippen molar-refractivity contribution in [3.05, 3.63) is 109 Å². The maximum Gasteiger partial charge on any atom is 0.322 e. The molecule has 5 rings (SSSR count). The average Bonchev–Trinajstić information content (AvgIpc) is 3.39. The minimum absolute atomic E-state index is 0.0291. The summed E-state index contributed by atoms with van der Waals surface area (Å²) in [6, 6.07) is 27.5. The maximum absolute atomic E-state index is 12.9. The van der Waals surface area contributed by atoms with Gasteiger partial charge in [-0.2, -0.15) is 4.72 Å². The van der Waals surface area contributed by atoms with Gasteiger partial charge in [-0.1, -0.05) is 66.7 Å². The molecule has 0 radical (unpaired) electrons. The molecule has 0 aliphatic rings. The number of hydrogen-bond donors (Lipinski definition) is 2. The molecule has 0 spiro atoms. The van der Waals surface area contributed by atoms with E-state index in [0.29, 0.717) is 22.8 Å². The van der Waals surface area contributed by atoms with Crippen LogP contribution < -0.4 is 4.72 Å². The Morgan fingerprint density at radius 3 is 2.25 bits per heavy atom. The molecular formula is C28H22N2O5S. The van der Waals surface area contributed by atoms with Gasteiger partial charge in [0, 0.05) is 11.1 Å². The molecule has 36 heavy (non-hydrogen) atoms.